The highest BCUT2D eigenvalue weighted by Crippen LogP contribution is 2.19. The zero-order valence-corrected chi connectivity index (χ0v) is 16.0. The maximum atomic E-state index is 4.64. The summed E-state index contributed by atoms with van der Waals surface area (Å²) < 4.78 is 0. The number of nitrogens with zero attached hydrogens (tertiary/aromatic N) is 2. The zero-order chi connectivity index (χ0) is 14.9. The summed E-state index contributed by atoms with van der Waals surface area (Å²) in [4.78, 5) is 7.08. The molecule has 2 rings (SSSR count). The highest BCUT2D eigenvalue weighted by molar-refractivity contribution is 14.0. The molecule has 1 fully saturated rings. The minimum atomic E-state index is 0. The molecule has 0 amide bonds. The van der Waals surface area contributed by atoms with Crippen molar-refractivity contribution in [2.75, 3.05) is 31.1 Å². The monoisotopic (exact) mass is 416 g/mol. The van der Waals surface area contributed by atoms with E-state index < -0.39 is 0 Å². The van der Waals surface area contributed by atoms with Crippen LogP contribution < -0.4 is 15.5 Å². The molecule has 2 N–H and O–H groups in total. The molecular formula is C17H29IN4. The van der Waals surface area contributed by atoms with Crippen molar-refractivity contribution < 1.29 is 0 Å². The first kappa shape index (κ1) is 19.1. The number of guanidine groups is 1. The molecule has 1 aromatic carbocycles. The Morgan fingerprint density at radius 3 is 2.73 bits per heavy atom. The SMILES string of the molecule is CCCCN=C(NCC)NC1CCN(c2ccccc2)C1.I. The Morgan fingerprint density at radius 2 is 2.05 bits per heavy atom. The Bertz CT molecular complexity index is 436. The summed E-state index contributed by atoms with van der Waals surface area (Å²) in [6.45, 7) is 8.28. The molecule has 0 saturated carbocycles. The molecule has 0 aromatic heterocycles. The normalized spacial score (nSPS) is 18.0. The van der Waals surface area contributed by atoms with Crippen LogP contribution >= 0.6 is 24.0 Å². The first-order chi connectivity index (χ1) is 10.3. The summed E-state index contributed by atoms with van der Waals surface area (Å²) in [6.07, 6.45) is 3.50. The van der Waals surface area contributed by atoms with Gasteiger partial charge in [0.15, 0.2) is 5.96 Å². The van der Waals surface area contributed by atoms with Gasteiger partial charge in [-0.15, -0.1) is 24.0 Å². The second kappa shape index (κ2) is 10.7. The van der Waals surface area contributed by atoms with Crippen molar-refractivity contribution in [2.24, 2.45) is 4.99 Å². The predicted octanol–water partition coefficient (Wildman–Crippen LogP) is 3.24. The Morgan fingerprint density at radius 1 is 1.27 bits per heavy atom. The summed E-state index contributed by atoms with van der Waals surface area (Å²) in [6, 6.07) is 11.1. The van der Waals surface area contributed by atoms with Crippen molar-refractivity contribution in [2.45, 2.75) is 39.2 Å². The smallest absolute Gasteiger partial charge is 0.191 e. The van der Waals surface area contributed by atoms with E-state index in [0.717, 1.165) is 45.0 Å². The molecule has 0 spiro atoms. The summed E-state index contributed by atoms with van der Waals surface area (Å²) in [5.74, 6) is 0.964. The molecule has 124 valence electrons. The maximum absolute atomic E-state index is 4.64. The number of hydrogen-bond donors (Lipinski definition) is 2. The van der Waals surface area contributed by atoms with Gasteiger partial charge in [-0.25, -0.2) is 0 Å². The third kappa shape index (κ3) is 6.02. The van der Waals surface area contributed by atoms with Crippen LogP contribution in [0.5, 0.6) is 0 Å². The van der Waals surface area contributed by atoms with Crippen LogP contribution in [0.15, 0.2) is 35.3 Å². The summed E-state index contributed by atoms with van der Waals surface area (Å²) in [7, 11) is 0. The predicted molar refractivity (Wildman–Crippen MR) is 106 cm³/mol. The van der Waals surface area contributed by atoms with Crippen LogP contribution in [-0.4, -0.2) is 38.2 Å². The first-order valence-electron chi connectivity index (χ1n) is 8.18. The Kier molecular flexibility index (Phi) is 9.27. The van der Waals surface area contributed by atoms with Gasteiger partial charge in [0.2, 0.25) is 0 Å². The molecule has 1 unspecified atom stereocenters. The van der Waals surface area contributed by atoms with E-state index >= 15 is 0 Å². The number of rotatable bonds is 6. The van der Waals surface area contributed by atoms with Gasteiger partial charge < -0.3 is 15.5 Å². The van der Waals surface area contributed by atoms with E-state index in [2.05, 4.69) is 64.7 Å². The molecule has 5 heteroatoms. The van der Waals surface area contributed by atoms with Crippen LogP contribution in [0.25, 0.3) is 0 Å². The topological polar surface area (TPSA) is 39.7 Å². The molecule has 1 saturated heterocycles. The van der Waals surface area contributed by atoms with Gasteiger partial charge in [-0.05, 0) is 31.9 Å². The quantitative estimate of drug-likeness (QED) is 0.324. The highest BCUT2D eigenvalue weighted by Gasteiger charge is 2.23. The molecule has 4 nitrogen and oxygen atoms in total. The molecule has 1 aliphatic heterocycles. The van der Waals surface area contributed by atoms with Crippen LogP contribution in [-0.2, 0) is 0 Å². The molecule has 0 bridgehead atoms. The second-order valence-corrected chi connectivity index (χ2v) is 5.53. The van der Waals surface area contributed by atoms with Gasteiger partial charge in [0.25, 0.3) is 0 Å². The fourth-order valence-corrected chi connectivity index (χ4v) is 2.61. The van der Waals surface area contributed by atoms with Gasteiger partial charge >= 0.3 is 0 Å². The molecule has 0 radical (unpaired) electrons. The van der Waals surface area contributed by atoms with Gasteiger partial charge in [0, 0.05) is 37.9 Å². The van der Waals surface area contributed by atoms with Gasteiger partial charge in [-0.3, -0.25) is 4.99 Å². The van der Waals surface area contributed by atoms with Crippen molar-refractivity contribution in [3.63, 3.8) is 0 Å². The van der Waals surface area contributed by atoms with Crippen LogP contribution in [0, 0.1) is 0 Å². The van der Waals surface area contributed by atoms with E-state index in [9.17, 15) is 0 Å². The molecular weight excluding hydrogens is 387 g/mol. The van der Waals surface area contributed by atoms with Crippen molar-refractivity contribution in [1.29, 1.82) is 0 Å². The fourth-order valence-electron chi connectivity index (χ4n) is 2.61. The number of nitrogens with one attached hydrogen (secondary N) is 2. The summed E-state index contributed by atoms with van der Waals surface area (Å²) >= 11 is 0. The van der Waals surface area contributed by atoms with E-state index in [0.29, 0.717) is 6.04 Å². The number of aliphatic imine (C=N–C) groups is 1. The molecule has 22 heavy (non-hydrogen) atoms. The third-order valence-electron chi connectivity index (χ3n) is 3.78. The summed E-state index contributed by atoms with van der Waals surface area (Å²) in [5, 5.41) is 6.92. The number of para-hydroxylation sites is 1. The lowest BCUT2D eigenvalue weighted by atomic mass is 10.2. The van der Waals surface area contributed by atoms with E-state index in [4.69, 9.17) is 0 Å². The standard InChI is InChI=1S/C17H28N4.HI/c1-3-5-12-19-17(18-4-2)20-15-11-13-21(14-15)16-9-7-6-8-10-16;/h6-10,15H,3-5,11-14H2,1-2H3,(H2,18,19,20);1H. The van der Waals surface area contributed by atoms with Crippen molar-refractivity contribution in [3.05, 3.63) is 30.3 Å². The first-order valence-corrected chi connectivity index (χ1v) is 8.18. The van der Waals surface area contributed by atoms with Gasteiger partial charge in [0.05, 0.1) is 0 Å². The fraction of sp³-hybridized carbons (Fsp3) is 0.588. The number of unbranched alkanes of at least 4 members (excludes halogenated alkanes) is 1. The lowest BCUT2D eigenvalue weighted by molar-refractivity contribution is 0.647. The van der Waals surface area contributed by atoms with E-state index in [-0.39, 0.29) is 24.0 Å². The van der Waals surface area contributed by atoms with E-state index in [1.165, 1.54) is 12.1 Å². The molecule has 1 aromatic rings. The van der Waals surface area contributed by atoms with Crippen molar-refractivity contribution >= 4 is 35.6 Å². The average Bonchev–Trinajstić information content (AvgIpc) is 2.97. The minimum Gasteiger partial charge on any atom is -0.369 e. The molecule has 1 heterocycles. The van der Waals surface area contributed by atoms with Crippen LogP contribution in [0.1, 0.15) is 33.1 Å². The number of hydrogen-bond acceptors (Lipinski definition) is 2. The van der Waals surface area contributed by atoms with Crippen molar-refractivity contribution in [3.8, 4) is 0 Å². The van der Waals surface area contributed by atoms with Crippen LogP contribution in [0.2, 0.25) is 0 Å². The number of benzene rings is 1. The van der Waals surface area contributed by atoms with Crippen LogP contribution in [0.4, 0.5) is 5.69 Å². The lowest BCUT2D eigenvalue weighted by Gasteiger charge is -2.20. The van der Waals surface area contributed by atoms with Crippen LogP contribution in [0.3, 0.4) is 0 Å². The maximum Gasteiger partial charge on any atom is 0.191 e. The van der Waals surface area contributed by atoms with Gasteiger partial charge in [-0.2, -0.15) is 0 Å². The number of halogens is 1. The van der Waals surface area contributed by atoms with Gasteiger partial charge in [0.1, 0.15) is 0 Å². The number of anilines is 1. The zero-order valence-electron chi connectivity index (χ0n) is 13.7. The Hall–Kier alpha value is -0.980. The molecule has 1 aliphatic rings. The average molecular weight is 416 g/mol. The summed E-state index contributed by atoms with van der Waals surface area (Å²) in [5.41, 5.74) is 1.31. The Balaban J connectivity index is 0.00000242. The highest BCUT2D eigenvalue weighted by atomic mass is 127. The van der Waals surface area contributed by atoms with Crippen molar-refractivity contribution in [1.82, 2.24) is 10.6 Å². The Labute approximate surface area is 151 Å². The largest absolute Gasteiger partial charge is 0.369 e. The lowest BCUT2D eigenvalue weighted by Crippen LogP contribution is -2.44. The minimum absolute atomic E-state index is 0. The molecule has 1 atom stereocenters. The third-order valence-corrected chi connectivity index (χ3v) is 3.78. The van der Waals surface area contributed by atoms with E-state index in [1.807, 2.05) is 0 Å². The molecule has 0 aliphatic carbocycles. The second-order valence-electron chi connectivity index (χ2n) is 5.53. The van der Waals surface area contributed by atoms with E-state index in [1.54, 1.807) is 0 Å². The van der Waals surface area contributed by atoms with Gasteiger partial charge in [-0.1, -0.05) is 31.5 Å².